The molecule has 0 saturated heterocycles. The maximum absolute atomic E-state index is 12.5. The van der Waals surface area contributed by atoms with Gasteiger partial charge in [-0.25, -0.2) is 4.79 Å². The van der Waals surface area contributed by atoms with Crippen LogP contribution in [0, 0.1) is 5.92 Å². The van der Waals surface area contributed by atoms with Crippen LogP contribution in [0.25, 0.3) is 0 Å². The molecule has 0 amide bonds. The SMILES string of the molecule is O=C(O)c1csc2c1CCC(C(F)(F)F)C2. The summed E-state index contributed by atoms with van der Waals surface area (Å²) in [4.78, 5) is 11.4. The third kappa shape index (κ3) is 1.93. The van der Waals surface area contributed by atoms with E-state index in [0.717, 1.165) is 11.3 Å². The molecule has 88 valence electrons. The highest BCUT2D eigenvalue weighted by atomic mass is 32.1. The van der Waals surface area contributed by atoms with Crippen LogP contribution >= 0.6 is 11.3 Å². The van der Waals surface area contributed by atoms with E-state index in [9.17, 15) is 18.0 Å². The Labute approximate surface area is 93.7 Å². The Hall–Kier alpha value is -1.04. The van der Waals surface area contributed by atoms with Crippen molar-refractivity contribution in [1.82, 2.24) is 0 Å². The largest absolute Gasteiger partial charge is 0.478 e. The Morgan fingerprint density at radius 1 is 1.50 bits per heavy atom. The molecule has 1 atom stereocenters. The van der Waals surface area contributed by atoms with Crippen LogP contribution in [0.15, 0.2) is 5.38 Å². The molecule has 0 fully saturated rings. The molecule has 1 N–H and O–H groups in total. The molecule has 0 spiro atoms. The minimum absolute atomic E-state index is 0.00644. The number of halogens is 3. The summed E-state index contributed by atoms with van der Waals surface area (Å²) in [6.45, 7) is 0. The molecule has 1 unspecified atom stereocenters. The van der Waals surface area contributed by atoms with Gasteiger partial charge in [-0.3, -0.25) is 0 Å². The van der Waals surface area contributed by atoms with E-state index in [-0.39, 0.29) is 24.8 Å². The number of rotatable bonds is 1. The van der Waals surface area contributed by atoms with Crippen LogP contribution in [0.1, 0.15) is 27.2 Å². The maximum atomic E-state index is 12.5. The number of alkyl halides is 3. The zero-order valence-electron chi connectivity index (χ0n) is 8.17. The molecule has 0 radical (unpaired) electrons. The quantitative estimate of drug-likeness (QED) is 0.831. The van der Waals surface area contributed by atoms with Crippen molar-refractivity contribution in [2.45, 2.75) is 25.4 Å². The van der Waals surface area contributed by atoms with E-state index in [1.54, 1.807) is 0 Å². The van der Waals surface area contributed by atoms with Crippen LogP contribution in [0.3, 0.4) is 0 Å². The standard InChI is InChI=1S/C10H9F3O2S/c11-10(12,13)5-1-2-6-7(9(14)15)4-16-8(6)3-5/h4-5H,1-3H2,(H,14,15). The van der Waals surface area contributed by atoms with Gasteiger partial charge in [0, 0.05) is 10.3 Å². The lowest BCUT2D eigenvalue weighted by Crippen LogP contribution is -2.28. The molecule has 6 heteroatoms. The van der Waals surface area contributed by atoms with E-state index in [1.165, 1.54) is 5.38 Å². The first kappa shape index (κ1) is 11.4. The Bertz CT molecular complexity index is 422. The summed E-state index contributed by atoms with van der Waals surface area (Å²) < 4.78 is 37.5. The molecule has 0 aliphatic heterocycles. The summed E-state index contributed by atoms with van der Waals surface area (Å²) in [5.41, 5.74) is 0.763. The average Bonchev–Trinajstić information content (AvgIpc) is 2.58. The number of carboxylic acid groups (broad SMARTS) is 1. The van der Waals surface area contributed by atoms with Gasteiger partial charge in [0.2, 0.25) is 0 Å². The number of carbonyl (C=O) groups is 1. The van der Waals surface area contributed by atoms with Crippen molar-refractivity contribution in [3.63, 3.8) is 0 Å². The first-order valence-electron chi connectivity index (χ1n) is 4.79. The highest BCUT2D eigenvalue weighted by Gasteiger charge is 2.42. The summed E-state index contributed by atoms with van der Waals surface area (Å²) in [5, 5.41) is 10.3. The van der Waals surface area contributed by atoms with Gasteiger partial charge < -0.3 is 5.11 Å². The van der Waals surface area contributed by atoms with Crippen LogP contribution in [0.2, 0.25) is 0 Å². The normalized spacial score (nSPS) is 20.6. The number of hydrogen-bond donors (Lipinski definition) is 1. The molecule has 2 rings (SSSR count). The number of aromatic carboxylic acids is 1. The van der Waals surface area contributed by atoms with Crippen molar-refractivity contribution in [2.24, 2.45) is 5.92 Å². The number of thiophene rings is 1. The second-order valence-corrected chi connectivity index (χ2v) is 4.80. The number of carboxylic acids is 1. The third-order valence-corrected chi connectivity index (χ3v) is 3.90. The number of hydrogen-bond acceptors (Lipinski definition) is 2. The Kier molecular flexibility index (Phi) is 2.69. The van der Waals surface area contributed by atoms with Gasteiger partial charge in [-0.2, -0.15) is 13.2 Å². The summed E-state index contributed by atoms with van der Waals surface area (Å²) in [7, 11) is 0. The van der Waals surface area contributed by atoms with Gasteiger partial charge in [-0.15, -0.1) is 11.3 Å². The summed E-state index contributed by atoms with van der Waals surface area (Å²) in [6.07, 6.45) is -4.04. The van der Waals surface area contributed by atoms with Crippen molar-refractivity contribution in [3.05, 3.63) is 21.4 Å². The van der Waals surface area contributed by atoms with Crippen molar-refractivity contribution in [2.75, 3.05) is 0 Å². The zero-order valence-corrected chi connectivity index (χ0v) is 8.99. The highest BCUT2D eigenvalue weighted by molar-refractivity contribution is 7.10. The van der Waals surface area contributed by atoms with Crippen molar-refractivity contribution in [1.29, 1.82) is 0 Å². The lowest BCUT2D eigenvalue weighted by Gasteiger charge is -2.24. The van der Waals surface area contributed by atoms with E-state index in [2.05, 4.69) is 0 Å². The van der Waals surface area contributed by atoms with Crippen molar-refractivity contribution < 1.29 is 23.1 Å². The molecule has 0 bridgehead atoms. The van der Waals surface area contributed by atoms with E-state index in [4.69, 9.17) is 5.11 Å². The fourth-order valence-corrected chi connectivity index (χ4v) is 3.13. The van der Waals surface area contributed by atoms with Crippen LogP contribution in [-0.2, 0) is 12.8 Å². The average molecular weight is 250 g/mol. The molecular weight excluding hydrogens is 241 g/mol. The first-order chi connectivity index (χ1) is 7.39. The Morgan fingerprint density at radius 3 is 2.75 bits per heavy atom. The molecule has 16 heavy (non-hydrogen) atoms. The van der Waals surface area contributed by atoms with Gasteiger partial charge in [0.05, 0.1) is 11.5 Å². The monoisotopic (exact) mass is 250 g/mol. The van der Waals surface area contributed by atoms with E-state index >= 15 is 0 Å². The predicted octanol–water partition coefficient (Wildman–Crippen LogP) is 3.11. The lowest BCUT2D eigenvalue weighted by molar-refractivity contribution is -0.176. The van der Waals surface area contributed by atoms with Crippen molar-refractivity contribution in [3.8, 4) is 0 Å². The topological polar surface area (TPSA) is 37.3 Å². The summed E-state index contributed by atoms with van der Waals surface area (Å²) in [5.74, 6) is -2.37. The van der Waals surface area contributed by atoms with Gasteiger partial charge >= 0.3 is 12.1 Å². The summed E-state index contributed by atoms with van der Waals surface area (Å²) in [6, 6.07) is 0. The number of fused-ring (bicyclic) bond motifs is 1. The van der Waals surface area contributed by atoms with Crippen LogP contribution in [0.4, 0.5) is 13.2 Å². The molecule has 1 aromatic heterocycles. The molecule has 1 aliphatic rings. The smallest absolute Gasteiger partial charge is 0.392 e. The van der Waals surface area contributed by atoms with Gasteiger partial charge in [-0.1, -0.05) is 0 Å². The second-order valence-electron chi connectivity index (χ2n) is 3.84. The fraction of sp³-hybridized carbons (Fsp3) is 0.500. The second kappa shape index (κ2) is 3.76. The van der Waals surface area contributed by atoms with Crippen molar-refractivity contribution >= 4 is 17.3 Å². The molecular formula is C10H9F3O2S. The molecule has 1 aromatic rings. The lowest BCUT2D eigenvalue weighted by atomic mass is 9.87. The van der Waals surface area contributed by atoms with E-state index < -0.39 is 18.1 Å². The van der Waals surface area contributed by atoms with Crippen LogP contribution < -0.4 is 0 Å². The van der Waals surface area contributed by atoms with Gasteiger partial charge in [0.25, 0.3) is 0 Å². The minimum atomic E-state index is -4.18. The molecule has 1 heterocycles. The molecule has 1 aliphatic carbocycles. The van der Waals surface area contributed by atoms with Gasteiger partial charge in [0.15, 0.2) is 0 Å². The summed E-state index contributed by atoms with van der Waals surface area (Å²) >= 11 is 1.12. The molecule has 0 saturated carbocycles. The van der Waals surface area contributed by atoms with Gasteiger partial charge in [0.1, 0.15) is 0 Å². The maximum Gasteiger partial charge on any atom is 0.392 e. The molecule has 2 nitrogen and oxygen atoms in total. The van der Waals surface area contributed by atoms with Gasteiger partial charge in [-0.05, 0) is 24.8 Å². The van der Waals surface area contributed by atoms with E-state index in [0.29, 0.717) is 10.4 Å². The van der Waals surface area contributed by atoms with Crippen LogP contribution in [0.5, 0.6) is 0 Å². The minimum Gasteiger partial charge on any atom is -0.478 e. The van der Waals surface area contributed by atoms with Crippen LogP contribution in [-0.4, -0.2) is 17.3 Å². The first-order valence-corrected chi connectivity index (χ1v) is 5.67. The third-order valence-electron chi connectivity index (χ3n) is 2.85. The molecule has 0 aromatic carbocycles. The highest BCUT2D eigenvalue weighted by Crippen LogP contribution is 2.40. The van der Waals surface area contributed by atoms with E-state index in [1.807, 2.05) is 0 Å². The predicted molar refractivity (Wildman–Crippen MR) is 52.8 cm³/mol. The Balaban J connectivity index is 2.27. The Morgan fingerprint density at radius 2 is 2.19 bits per heavy atom. The fourth-order valence-electron chi connectivity index (χ4n) is 1.97. The zero-order chi connectivity index (χ0) is 11.9.